The Hall–Kier alpha value is -2.89. The quantitative estimate of drug-likeness (QED) is 0.0262. The Morgan fingerprint density at radius 1 is 0.312 bits per heavy atom. The van der Waals surface area contributed by atoms with Crippen molar-refractivity contribution in [2.75, 3.05) is 13.2 Å². The third-order valence-electron chi connectivity index (χ3n) is 11.7. The van der Waals surface area contributed by atoms with Gasteiger partial charge in [-0.3, -0.25) is 14.4 Å². The largest absolute Gasteiger partial charge is 0.462 e. The fourth-order valence-electron chi connectivity index (χ4n) is 7.59. The zero-order valence-corrected chi connectivity index (χ0v) is 42.3. The Morgan fingerprint density at radius 3 is 1.02 bits per heavy atom. The average molecular weight is 895 g/mol. The standard InChI is InChI=1S/C58H102O6/c1-4-7-10-13-16-19-22-24-26-28-29-31-32-34-36-39-42-45-48-51-57(60)63-54-55(53-62-56(59)50-47-44-41-38-21-18-15-12-9-6-3)64-58(61)52-49-46-43-40-37-35-33-30-27-25-23-20-17-14-11-8-5-2/h15,17-18,20,25,27,33,35,40,43,55H,4-14,16,19,21-24,26,28-32,34,36-39,41-42,44-54H2,1-3H3/b18-15-,20-17-,27-25-,35-33-,43-40-. The molecule has 0 N–H and O–H groups in total. The highest BCUT2D eigenvalue weighted by Crippen LogP contribution is 2.16. The van der Waals surface area contributed by atoms with Gasteiger partial charge in [-0.05, 0) is 77.0 Å². The summed E-state index contributed by atoms with van der Waals surface area (Å²) in [7, 11) is 0. The number of carbonyl (C=O) groups excluding carboxylic acids is 3. The van der Waals surface area contributed by atoms with Crippen LogP contribution in [0.1, 0.15) is 271 Å². The molecule has 0 aliphatic rings. The van der Waals surface area contributed by atoms with Gasteiger partial charge in [0.1, 0.15) is 13.2 Å². The Labute approximate surface area is 396 Å². The highest BCUT2D eigenvalue weighted by atomic mass is 16.6. The number of carbonyl (C=O) groups is 3. The third kappa shape index (κ3) is 50.1. The molecule has 6 nitrogen and oxygen atoms in total. The lowest BCUT2D eigenvalue weighted by molar-refractivity contribution is -0.167. The molecule has 64 heavy (non-hydrogen) atoms. The molecule has 0 spiro atoms. The van der Waals surface area contributed by atoms with E-state index in [1.807, 2.05) is 0 Å². The summed E-state index contributed by atoms with van der Waals surface area (Å²) in [5.74, 6) is -0.961. The highest BCUT2D eigenvalue weighted by molar-refractivity contribution is 5.71. The first kappa shape index (κ1) is 61.1. The van der Waals surface area contributed by atoms with Gasteiger partial charge < -0.3 is 14.2 Å². The SMILES string of the molecule is CCCC/C=C\CCCCCCC(=O)OCC(COC(=O)CCCCCCCCCCCCCCCCCCCCC)OC(=O)CCC/C=C\C/C=C\C/C=C\C/C=C\CCCCC. The number of hydrogen-bond acceptors (Lipinski definition) is 6. The minimum Gasteiger partial charge on any atom is -0.462 e. The third-order valence-corrected chi connectivity index (χ3v) is 11.7. The van der Waals surface area contributed by atoms with Crippen LogP contribution in [0.5, 0.6) is 0 Å². The summed E-state index contributed by atoms with van der Waals surface area (Å²) in [5.41, 5.74) is 0. The maximum Gasteiger partial charge on any atom is 0.306 e. The van der Waals surface area contributed by atoms with Gasteiger partial charge in [0.15, 0.2) is 6.10 Å². The van der Waals surface area contributed by atoms with Gasteiger partial charge in [-0.1, -0.05) is 236 Å². The van der Waals surface area contributed by atoms with Gasteiger partial charge in [0, 0.05) is 19.3 Å². The Morgan fingerprint density at radius 2 is 0.594 bits per heavy atom. The van der Waals surface area contributed by atoms with Crippen LogP contribution in [-0.2, 0) is 28.6 Å². The van der Waals surface area contributed by atoms with Crippen molar-refractivity contribution in [1.82, 2.24) is 0 Å². The summed E-state index contributed by atoms with van der Waals surface area (Å²) in [6, 6.07) is 0. The van der Waals surface area contributed by atoms with Gasteiger partial charge in [-0.15, -0.1) is 0 Å². The second kappa shape index (κ2) is 52.7. The molecule has 0 saturated heterocycles. The van der Waals surface area contributed by atoms with E-state index >= 15 is 0 Å². The van der Waals surface area contributed by atoms with Crippen LogP contribution in [0.3, 0.4) is 0 Å². The van der Waals surface area contributed by atoms with Crippen molar-refractivity contribution < 1.29 is 28.6 Å². The molecule has 0 rings (SSSR count). The molecule has 1 atom stereocenters. The van der Waals surface area contributed by atoms with Crippen molar-refractivity contribution in [3.05, 3.63) is 60.8 Å². The molecule has 0 saturated carbocycles. The van der Waals surface area contributed by atoms with Crippen LogP contribution < -0.4 is 0 Å². The van der Waals surface area contributed by atoms with E-state index in [4.69, 9.17) is 14.2 Å². The summed E-state index contributed by atoms with van der Waals surface area (Å²) in [5, 5.41) is 0. The van der Waals surface area contributed by atoms with E-state index in [1.54, 1.807) is 0 Å². The molecule has 1 unspecified atom stereocenters. The molecular weight excluding hydrogens is 793 g/mol. The highest BCUT2D eigenvalue weighted by Gasteiger charge is 2.19. The summed E-state index contributed by atoms with van der Waals surface area (Å²) in [4.78, 5) is 38.0. The topological polar surface area (TPSA) is 78.9 Å². The van der Waals surface area contributed by atoms with Crippen LogP contribution in [-0.4, -0.2) is 37.2 Å². The zero-order chi connectivity index (χ0) is 46.5. The predicted molar refractivity (Wildman–Crippen MR) is 275 cm³/mol. The molecule has 0 radical (unpaired) electrons. The minimum absolute atomic E-state index is 0.0973. The number of hydrogen-bond donors (Lipinski definition) is 0. The maximum absolute atomic E-state index is 12.8. The number of ether oxygens (including phenoxy) is 3. The lowest BCUT2D eigenvalue weighted by Crippen LogP contribution is -2.30. The van der Waals surface area contributed by atoms with Gasteiger partial charge >= 0.3 is 17.9 Å². The number of esters is 3. The maximum atomic E-state index is 12.8. The van der Waals surface area contributed by atoms with Crippen molar-refractivity contribution in [2.24, 2.45) is 0 Å². The van der Waals surface area contributed by atoms with E-state index < -0.39 is 6.10 Å². The first-order valence-corrected chi connectivity index (χ1v) is 27.3. The lowest BCUT2D eigenvalue weighted by atomic mass is 10.0. The summed E-state index contributed by atoms with van der Waals surface area (Å²) >= 11 is 0. The van der Waals surface area contributed by atoms with Crippen LogP contribution in [0.15, 0.2) is 60.8 Å². The second-order valence-corrected chi connectivity index (χ2v) is 18.1. The van der Waals surface area contributed by atoms with Crippen LogP contribution in [0, 0.1) is 0 Å². The first-order valence-electron chi connectivity index (χ1n) is 27.3. The molecule has 0 heterocycles. The molecule has 0 aliphatic heterocycles. The molecule has 0 fully saturated rings. The zero-order valence-electron chi connectivity index (χ0n) is 42.3. The Balaban J connectivity index is 4.38. The van der Waals surface area contributed by atoms with E-state index in [0.717, 1.165) is 83.5 Å². The number of allylic oxidation sites excluding steroid dienone is 10. The average Bonchev–Trinajstić information content (AvgIpc) is 3.29. The van der Waals surface area contributed by atoms with Crippen molar-refractivity contribution in [3.8, 4) is 0 Å². The predicted octanol–water partition coefficient (Wildman–Crippen LogP) is 18.0. The Kier molecular flexibility index (Phi) is 50.4. The molecule has 0 amide bonds. The lowest BCUT2D eigenvalue weighted by Gasteiger charge is -2.18. The molecule has 370 valence electrons. The van der Waals surface area contributed by atoms with Gasteiger partial charge in [0.25, 0.3) is 0 Å². The van der Waals surface area contributed by atoms with Crippen LogP contribution in [0.2, 0.25) is 0 Å². The smallest absolute Gasteiger partial charge is 0.306 e. The van der Waals surface area contributed by atoms with E-state index in [2.05, 4.69) is 81.5 Å². The van der Waals surface area contributed by atoms with Gasteiger partial charge in [0.2, 0.25) is 0 Å². The van der Waals surface area contributed by atoms with Crippen LogP contribution in [0.25, 0.3) is 0 Å². The van der Waals surface area contributed by atoms with Gasteiger partial charge in [-0.2, -0.15) is 0 Å². The molecule has 0 aromatic carbocycles. The van der Waals surface area contributed by atoms with Crippen molar-refractivity contribution >= 4 is 17.9 Å². The fourth-order valence-corrected chi connectivity index (χ4v) is 7.59. The van der Waals surface area contributed by atoms with E-state index in [9.17, 15) is 14.4 Å². The number of rotatable bonds is 49. The Bertz CT molecular complexity index is 1170. The van der Waals surface area contributed by atoms with Crippen molar-refractivity contribution in [1.29, 1.82) is 0 Å². The van der Waals surface area contributed by atoms with Crippen molar-refractivity contribution in [2.45, 2.75) is 277 Å². The minimum atomic E-state index is -0.804. The van der Waals surface area contributed by atoms with Crippen molar-refractivity contribution in [3.63, 3.8) is 0 Å². The molecule has 0 aliphatic carbocycles. The number of unbranched alkanes of at least 4 members (excludes halogenated alkanes) is 28. The summed E-state index contributed by atoms with van der Waals surface area (Å²) in [6.45, 7) is 6.53. The molecule has 0 bridgehead atoms. The summed E-state index contributed by atoms with van der Waals surface area (Å²) < 4.78 is 16.7. The van der Waals surface area contributed by atoms with E-state index in [1.165, 1.54) is 141 Å². The van der Waals surface area contributed by atoms with Crippen LogP contribution >= 0.6 is 0 Å². The van der Waals surface area contributed by atoms with Gasteiger partial charge in [-0.25, -0.2) is 0 Å². The van der Waals surface area contributed by atoms with Gasteiger partial charge in [0.05, 0.1) is 0 Å². The van der Waals surface area contributed by atoms with E-state index in [0.29, 0.717) is 19.3 Å². The summed E-state index contributed by atoms with van der Waals surface area (Å²) in [6.07, 6.45) is 65.1. The monoisotopic (exact) mass is 895 g/mol. The fraction of sp³-hybridized carbons (Fsp3) is 0.776. The van der Waals surface area contributed by atoms with E-state index in [-0.39, 0.29) is 37.5 Å². The molecule has 6 heteroatoms. The van der Waals surface area contributed by atoms with Crippen LogP contribution in [0.4, 0.5) is 0 Å². The molecular formula is C58H102O6. The molecule has 0 aromatic rings. The first-order chi connectivity index (χ1) is 31.5. The second-order valence-electron chi connectivity index (χ2n) is 18.1. The normalized spacial score (nSPS) is 12.5. The molecule has 0 aromatic heterocycles.